The highest BCUT2D eigenvalue weighted by molar-refractivity contribution is 6.30. The largest absolute Gasteiger partial charge is 0.480 e. The number of halogens is 1. The lowest BCUT2D eigenvalue weighted by Gasteiger charge is -2.42. The first-order chi connectivity index (χ1) is 12.1. The SMILES string of the molecule is CCN(CC(=O)O)C1CC(NCc2ccc(Cl)cc2-n2cncn2)C1. The Hall–Kier alpha value is -1.96. The number of carboxylic acids is 1. The summed E-state index contributed by atoms with van der Waals surface area (Å²) in [4.78, 5) is 16.9. The standard InChI is InChI=1S/C17H22ClN5O2/c1-2-22(9-17(24)25)15-6-14(7-15)20-8-12-3-4-13(18)5-16(12)23-11-19-10-21-23/h3-5,10-11,14-15,20H,2,6-9H2,1H3,(H,24,25). The Morgan fingerprint density at radius 3 is 2.92 bits per heavy atom. The van der Waals surface area contributed by atoms with Crippen LogP contribution in [0, 0.1) is 0 Å². The molecule has 2 N–H and O–H groups in total. The normalized spacial score (nSPS) is 19.8. The Morgan fingerprint density at radius 2 is 2.28 bits per heavy atom. The van der Waals surface area contributed by atoms with Gasteiger partial charge in [-0.25, -0.2) is 9.67 Å². The van der Waals surface area contributed by atoms with Gasteiger partial charge in [-0.2, -0.15) is 5.10 Å². The number of aliphatic carboxylic acids is 1. The number of rotatable bonds is 8. The fraction of sp³-hybridized carbons (Fsp3) is 0.471. The summed E-state index contributed by atoms with van der Waals surface area (Å²) in [5.74, 6) is -0.767. The number of hydrogen-bond donors (Lipinski definition) is 2. The molecule has 0 saturated heterocycles. The summed E-state index contributed by atoms with van der Waals surface area (Å²) >= 11 is 6.11. The molecule has 1 fully saturated rings. The number of nitrogens with zero attached hydrogens (tertiary/aromatic N) is 4. The molecule has 25 heavy (non-hydrogen) atoms. The van der Waals surface area contributed by atoms with Crippen LogP contribution in [-0.2, 0) is 11.3 Å². The van der Waals surface area contributed by atoms with Gasteiger partial charge in [-0.3, -0.25) is 9.69 Å². The fourth-order valence-corrected chi connectivity index (χ4v) is 3.38. The van der Waals surface area contributed by atoms with Crippen LogP contribution in [0.15, 0.2) is 30.9 Å². The summed E-state index contributed by atoms with van der Waals surface area (Å²) in [6, 6.07) is 6.48. The van der Waals surface area contributed by atoms with E-state index in [0.717, 1.165) is 30.6 Å². The van der Waals surface area contributed by atoms with E-state index in [1.165, 1.54) is 6.33 Å². The Morgan fingerprint density at radius 1 is 1.48 bits per heavy atom. The molecule has 1 saturated carbocycles. The van der Waals surface area contributed by atoms with E-state index in [0.29, 0.717) is 23.7 Å². The average molecular weight is 364 g/mol. The Bertz CT molecular complexity index is 716. The van der Waals surface area contributed by atoms with Gasteiger partial charge in [0.2, 0.25) is 0 Å². The zero-order valence-electron chi connectivity index (χ0n) is 14.1. The molecule has 0 spiro atoms. The summed E-state index contributed by atoms with van der Waals surface area (Å²) in [5.41, 5.74) is 2.01. The third-order valence-corrected chi connectivity index (χ3v) is 4.90. The molecular formula is C17H22ClN5O2. The molecule has 8 heteroatoms. The van der Waals surface area contributed by atoms with E-state index in [9.17, 15) is 4.79 Å². The van der Waals surface area contributed by atoms with Gasteiger partial charge >= 0.3 is 5.97 Å². The van der Waals surface area contributed by atoms with Crippen molar-refractivity contribution >= 4 is 17.6 Å². The summed E-state index contributed by atoms with van der Waals surface area (Å²) < 4.78 is 1.71. The second-order valence-electron chi connectivity index (χ2n) is 6.27. The lowest BCUT2D eigenvalue weighted by Crippen LogP contribution is -2.53. The molecule has 2 aromatic rings. The van der Waals surface area contributed by atoms with Crippen LogP contribution in [0.4, 0.5) is 0 Å². The quantitative estimate of drug-likeness (QED) is 0.745. The van der Waals surface area contributed by atoms with Crippen LogP contribution in [0.1, 0.15) is 25.3 Å². The average Bonchev–Trinajstić information content (AvgIpc) is 3.07. The molecule has 7 nitrogen and oxygen atoms in total. The lowest BCUT2D eigenvalue weighted by molar-refractivity contribution is -0.139. The van der Waals surface area contributed by atoms with Crippen molar-refractivity contribution in [3.8, 4) is 5.69 Å². The van der Waals surface area contributed by atoms with Gasteiger partial charge in [0.15, 0.2) is 0 Å². The van der Waals surface area contributed by atoms with Crippen LogP contribution >= 0.6 is 11.6 Å². The second kappa shape index (κ2) is 7.95. The Labute approximate surface area is 151 Å². The molecule has 134 valence electrons. The summed E-state index contributed by atoms with van der Waals surface area (Å²) in [6.45, 7) is 3.58. The van der Waals surface area contributed by atoms with Crippen LogP contribution in [0.25, 0.3) is 5.69 Å². The molecule has 0 amide bonds. The van der Waals surface area contributed by atoms with E-state index in [2.05, 4.69) is 15.4 Å². The lowest BCUT2D eigenvalue weighted by atomic mass is 9.85. The van der Waals surface area contributed by atoms with Crippen LogP contribution < -0.4 is 5.32 Å². The van der Waals surface area contributed by atoms with Crippen LogP contribution in [0.3, 0.4) is 0 Å². The maximum Gasteiger partial charge on any atom is 0.317 e. The van der Waals surface area contributed by atoms with E-state index in [-0.39, 0.29) is 6.54 Å². The van der Waals surface area contributed by atoms with Gasteiger partial charge in [0.05, 0.1) is 12.2 Å². The van der Waals surface area contributed by atoms with Crippen LogP contribution in [0.2, 0.25) is 5.02 Å². The van der Waals surface area contributed by atoms with Gasteiger partial charge in [0.25, 0.3) is 0 Å². The maximum absolute atomic E-state index is 10.9. The Balaban J connectivity index is 1.56. The van der Waals surface area contributed by atoms with Crippen molar-refractivity contribution in [3.63, 3.8) is 0 Å². The van der Waals surface area contributed by atoms with Crippen LogP contribution in [-0.4, -0.2) is 55.9 Å². The number of nitrogens with one attached hydrogen (secondary N) is 1. The first kappa shape index (κ1) is 17.8. The zero-order valence-corrected chi connectivity index (χ0v) is 14.9. The molecule has 0 aliphatic heterocycles. The third-order valence-electron chi connectivity index (χ3n) is 4.67. The summed E-state index contributed by atoms with van der Waals surface area (Å²) in [5, 5.41) is 17.3. The van der Waals surface area contributed by atoms with Crippen molar-refractivity contribution in [1.29, 1.82) is 0 Å². The first-order valence-electron chi connectivity index (χ1n) is 8.39. The molecule has 0 radical (unpaired) electrons. The zero-order chi connectivity index (χ0) is 17.8. The smallest absolute Gasteiger partial charge is 0.317 e. The molecule has 1 aromatic heterocycles. The molecule has 0 atom stereocenters. The van der Waals surface area contributed by atoms with E-state index < -0.39 is 5.97 Å². The van der Waals surface area contributed by atoms with Gasteiger partial charge in [-0.15, -0.1) is 0 Å². The fourth-order valence-electron chi connectivity index (χ4n) is 3.21. The van der Waals surface area contributed by atoms with Crippen molar-refractivity contribution in [2.45, 2.75) is 38.4 Å². The van der Waals surface area contributed by atoms with E-state index in [1.807, 2.05) is 30.0 Å². The van der Waals surface area contributed by atoms with Gasteiger partial charge in [-0.05, 0) is 37.1 Å². The molecule has 1 heterocycles. The minimum atomic E-state index is -0.767. The molecule has 3 rings (SSSR count). The molecule has 0 bridgehead atoms. The topological polar surface area (TPSA) is 83.3 Å². The highest BCUT2D eigenvalue weighted by Crippen LogP contribution is 2.26. The van der Waals surface area contributed by atoms with Crippen molar-refractivity contribution < 1.29 is 9.90 Å². The van der Waals surface area contributed by atoms with Gasteiger partial charge in [0, 0.05) is 23.7 Å². The monoisotopic (exact) mass is 363 g/mol. The minimum absolute atomic E-state index is 0.113. The predicted molar refractivity (Wildman–Crippen MR) is 94.9 cm³/mol. The van der Waals surface area contributed by atoms with Crippen molar-refractivity contribution in [1.82, 2.24) is 25.0 Å². The number of carbonyl (C=O) groups is 1. The maximum atomic E-state index is 10.9. The molecular weight excluding hydrogens is 342 g/mol. The van der Waals surface area contributed by atoms with Gasteiger partial charge in [0.1, 0.15) is 12.7 Å². The van der Waals surface area contributed by atoms with Crippen molar-refractivity contribution in [2.24, 2.45) is 0 Å². The predicted octanol–water partition coefficient (Wildman–Crippen LogP) is 1.95. The summed E-state index contributed by atoms with van der Waals surface area (Å²) in [7, 11) is 0. The summed E-state index contributed by atoms with van der Waals surface area (Å²) in [6.07, 6.45) is 5.08. The third kappa shape index (κ3) is 4.36. The van der Waals surface area contributed by atoms with Gasteiger partial charge in [-0.1, -0.05) is 24.6 Å². The molecule has 1 aliphatic rings. The highest BCUT2D eigenvalue weighted by Gasteiger charge is 2.33. The minimum Gasteiger partial charge on any atom is -0.480 e. The van der Waals surface area contributed by atoms with Crippen molar-refractivity contribution in [2.75, 3.05) is 13.1 Å². The first-order valence-corrected chi connectivity index (χ1v) is 8.77. The molecule has 1 aromatic carbocycles. The number of benzene rings is 1. The number of carboxylic acid groups (broad SMARTS) is 1. The van der Waals surface area contributed by atoms with E-state index >= 15 is 0 Å². The van der Waals surface area contributed by atoms with Crippen LogP contribution in [0.5, 0.6) is 0 Å². The Kier molecular flexibility index (Phi) is 5.67. The molecule has 0 unspecified atom stereocenters. The van der Waals surface area contributed by atoms with E-state index in [4.69, 9.17) is 16.7 Å². The molecule has 1 aliphatic carbocycles. The number of likely N-dealkylation sites (N-methyl/N-ethyl adjacent to an activating group) is 1. The second-order valence-corrected chi connectivity index (χ2v) is 6.71. The number of aromatic nitrogens is 3. The number of hydrogen-bond acceptors (Lipinski definition) is 5. The van der Waals surface area contributed by atoms with Gasteiger partial charge < -0.3 is 10.4 Å². The highest BCUT2D eigenvalue weighted by atomic mass is 35.5. The van der Waals surface area contributed by atoms with Crippen molar-refractivity contribution in [3.05, 3.63) is 41.4 Å². The van der Waals surface area contributed by atoms with E-state index in [1.54, 1.807) is 11.0 Å².